The molecule has 0 aromatic heterocycles. The topological polar surface area (TPSA) is 146 Å². The molecular weight excluding hydrogens is 483 g/mol. The number of carboxylic acid groups (broad SMARTS) is 2. The van der Waals surface area contributed by atoms with E-state index in [0.29, 0.717) is 54.9 Å². The van der Waals surface area contributed by atoms with Gasteiger partial charge in [-0.15, -0.1) is 0 Å². The highest BCUT2D eigenvalue weighted by Crippen LogP contribution is 2.65. The van der Waals surface area contributed by atoms with E-state index in [9.17, 15) is 19.5 Å². The lowest BCUT2D eigenvalue weighted by Gasteiger charge is -2.59. The summed E-state index contributed by atoms with van der Waals surface area (Å²) in [5, 5.41) is 33.6. The molecule has 10 heteroatoms. The molecule has 4 aliphatic carbocycles. The minimum Gasteiger partial charge on any atom is -0.478 e. The van der Waals surface area contributed by atoms with Crippen molar-refractivity contribution in [3.63, 3.8) is 0 Å². The highest BCUT2D eigenvalue weighted by atomic mass is 19.1. The van der Waals surface area contributed by atoms with Gasteiger partial charge in [-0.3, -0.25) is 4.79 Å². The van der Waals surface area contributed by atoms with Crippen molar-refractivity contribution in [1.82, 2.24) is 5.32 Å². The summed E-state index contributed by atoms with van der Waals surface area (Å²) in [6, 6.07) is 0. The van der Waals surface area contributed by atoms with Crippen molar-refractivity contribution in [2.45, 2.75) is 83.6 Å². The Morgan fingerprint density at radius 1 is 1.05 bits per heavy atom. The smallest absolute Gasteiger partial charge is 0.328 e. The second-order valence-electron chi connectivity index (χ2n) is 11.9. The van der Waals surface area contributed by atoms with E-state index in [1.165, 1.54) is 0 Å². The predicted octanol–water partition coefficient (Wildman–Crippen LogP) is 2.96. The summed E-state index contributed by atoms with van der Waals surface area (Å²) in [6.07, 6.45) is 5.85. The Morgan fingerprint density at radius 3 is 2.35 bits per heavy atom. The maximum absolute atomic E-state index is 15.3. The number of Topliss-reactive ketones (excluding diaryl/α,β-unsaturated/α-hetero) is 1. The van der Waals surface area contributed by atoms with E-state index >= 15 is 4.39 Å². The number of aliphatic hydroxyl groups is 1. The first-order valence-electron chi connectivity index (χ1n) is 13.4. The van der Waals surface area contributed by atoms with Crippen LogP contribution in [0.1, 0.15) is 65.2 Å². The lowest BCUT2D eigenvalue weighted by atomic mass is 9.44. The van der Waals surface area contributed by atoms with Gasteiger partial charge in [0.1, 0.15) is 18.1 Å². The zero-order valence-corrected chi connectivity index (χ0v) is 21.6. The molecule has 37 heavy (non-hydrogen) atoms. The highest BCUT2D eigenvalue weighted by molar-refractivity contribution is 5.95. The summed E-state index contributed by atoms with van der Waals surface area (Å²) in [5.41, 5.74) is 0.0648. The molecule has 206 valence electrons. The Morgan fingerprint density at radius 2 is 1.73 bits per heavy atom. The summed E-state index contributed by atoms with van der Waals surface area (Å²) < 4.78 is 15.3. The van der Waals surface area contributed by atoms with E-state index in [1.54, 1.807) is 0 Å². The first-order valence-corrected chi connectivity index (χ1v) is 13.4. The van der Waals surface area contributed by atoms with Gasteiger partial charge in [0.2, 0.25) is 0 Å². The van der Waals surface area contributed by atoms with Crippen molar-refractivity contribution in [1.29, 1.82) is 0 Å². The third kappa shape index (κ3) is 5.46. The molecule has 9 nitrogen and oxygen atoms in total. The SMILES string of the molecule is C[C@]12CC[C@H]3[C@@H](CC(=O)C4C/C(=N/O[C@@H]5CCNC5)[C@H](F)C[C@@]43C)[C@@H]1CC[C@@H]2O.O=C(O)/C=C/C(=O)O. The highest BCUT2D eigenvalue weighted by Gasteiger charge is 2.63. The molecule has 5 aliphatic rings. The van der Waals surface area contributed by atoms with Crippen molar-refractivity contribution in [3.8, 4) is 0 Å². The van der Waals surface area contributed by atoms with E-state index in [4.69, 9.17) is 15.1 Å². The van der Waals surface area contributed by atoms with Crippen LogP contribution >= 0.6 is 0 Å². The first-order chi connectivity index (χ1) is 17.5. The minimum absolute atomic E-state index is 0.0132. The maximum Gasteiger partial charge on any atom is 0.328 e. The number of oxime groups is 1. The number of halogens is 1. The van der Waals surface area contributed by atoms with Gasteiger partial charge in [-0.2, -0.15) is 0 Å². The van der Waals surface area contributed by atoms with Gasteiger partial charge in [-0.05, 0) is 67.2 Å². The molecule has 4 saturated carbocycles. The Balaban J connectivity index is 0.000000349. The molecule has 4 N–H and O–H groups in total. The Kier molecular flexibility index (Phi) is 8.09. The fourth-order valence-corrected chi connectivity index (χ4v) is 7.94. The van der Waals surface area contributed by atoms with Crippen LogP contribution in [0, 0.1) is 34.5 Å². The summed E-state index contributed by atoms with van der Waals surface area (Å²) in [5.74, 6) is -1.32. The number of carbonyl (C=O) groups excluding carboxylic acids is 1. The monoisotopic (exact) mass is 522 g/mol. The molecule has 1 unspecified atom stereocenters. The fourth-order valence-electron chi connectivity index (χ4n) is 7.94. The number of ketones is 1. The first kappa shape index (κ1) is 27.7. The Bertz CT molecular complexity index is 948. The van der Waals surface area contributed by atoms with Gasteiger partial charge in [0, 0.05) is 43.9 Å². The molecule has 0 aromatic rings. The number of alkyl halides is 1. The number of nitrogens with zero attached hydrogens (tertiary/aromatic N) is 1. The van der Waals surface area contributed by atoms with E-state index < -0.39 is 18.1 Å². The zero-order valence-electron chi connectivity index (χ0n) is 21.6. The van der Waals surface area contributed by atoms with Gasteiger partial charge >= 0.3 is 11.9 Å². The molecule has 9 atom stereocenters. The quantitative estimate of drug-likeness (QED) is 0.326. The van der Waals surface area contributed by atoms with Crippen LogP contribution in [0.2, 0.25) is 0 Å². The van der Waals surface area contributed by atoms with E-state index in [1.807, 2.05) is 0 Å². The lowest BCUT2D eigenvalue weighted by molar-refractivity contribution is -0.154. The van der Waals surface area contributed by atoms with Gasteiger partial charge in [-0.25, -0.2) is 14.0 Å². The number of carbonyl (C=O) groups is 3. The van der Waals surface area contributed by atoms with Crippen LogP contribution in [0.5, 0.6) is 0 Å². The molecule has 1 heterocycles. The molecule has 0 radical (unpaired) electrons. The molecule has 0 amide bonds. The predicted molar refractivity (Wildman–Crippen MR) is 133 cm³/mol. The normalized spacial score (nSPS) is 43.9. The molecule has 1 aliphatic heterocycles. The average Bonchev–Trinajstić information content (AvgIpc) is 3.45. The van der Waals surface area contributed by atoms with Crippen LogP contribution in [0.25, 0.3) is 0 Å². The Labute approximate surface area is 216 Å². The second kappa shape index (κ2) is 10.8. The van der Waals surface area contributed by atoms with Crippen LogP contribution < -0.4 is 5.32 Å². The number of hydrogen-bond acceptors (Lipinski definition) is 7. The number of fused-ring (bicyclic) bond motifs is 5. The Hall–Kier alpha value is -2.33. The summed E-state index contributed by atoms with van der Waals surface area (Å²) in [6.45, 7) is 6.03. The maximum atomic E-state index is 15.3. The number of carboxylic acids is 2. The average molecular weight is 523 g/mol. The van der Waals surface area contributed by atoms with Crippen molar-refractivity contribution in [3.05, 3.63) is 12.2 Å². The minimum atomic E-state index is -1.26. The van der Waals surface area contributed by atoms with Crippen molar-refractivity contribution >= 4 is 23.4 Å². The number of hydrogen-bond donors (Lipinski definition) is 4. The largest absolute Gasteiger partial charge is 0.478 e. The van der Waals surface area contributed by atoms with Crippen LogP contribution in [-0.4, -0.2) is 70.2 Å². The van der Waals surface area contributed by atoms with Gasteiger partial charge in [0.25, 0.3) is 0 Å². The summed E-state index contributed by atoms with van der Waals surface area (Å²) in [4.78, 5) is 38.0. The zero-order chi connectivity index (χ0) is 27.0. The van der Waals surface area contributed by atoms with E-state index in [0.717, 1.165) is 45.2 Å². The van der Waals surface area contributed by atoms with Crippen LogP contribution in [0.15, 0.2) is 17.3 Å². The second-order valence-corrected chi connectivity index (χ2v) is 11.9. The molecule has 5 fully saturated rings. The van der Waals surface area contributed by atoms with Crippen molar-refractivity contribution < 1.29 is 38.9 Å². The third-order valence-electron chi connectivity index (χ3n) is 9.95. The fraction of sp³-hybridized carbons (Fsp3) is 0.778. The standard InChI is InChI=1S/C23H35FN2O3.C4H4O4/c1-22-7-5-16-14(15(22)3-4-21(22)28)9-20(27)17-10-19(18(24)11-23(16,17)2)26-29-13-6-8-25-12-13;5-3(6)1-2-4(7)8/h13-18,21,25,28H,3-12H2,1-2H3;1-2H,(H,5,6)(H,7,8)/b26-19-;2-1+/t13-,14+,15+,16+,17?,18-,21+,22+,23-;/m1./s1. The van der Waals surface area contributed by atoms with E-state index in [-0.39, 0.29) is 34.7 Å². The van der Waals surface area contributed by atoms with E-state index in [2.05, 4.69) is 24.3 Å². The van der Waals surface area contributed by atoms with Crippen molar-refractivity contribution in [2.75, 3.05) is 13.1 Å². The van der Waals surface area contributed by atoms with Crippen LogP contribution in [-0.2, 0) is 19.2 Å². The third-order valence-corrected chi connectivity index (χ3v) is 9.95. The molecule has 0 aromatic carbocycles. The van der Waals surface area contributed by atoms with Gasteiger partial charge < -0.3 is 25.5 Å². The van der Waals surface area contributed by atoms with Crippen molar-refractivity contribution in [2.24, 2.45) is 39.7 Å². The van der Waals surface area contributed by atoms with Crippen LogP contribution in [0.4, 0.5) is 4.39 Å². The number of aliphatic carboxylic acids is 2. The number of nitrogens with one attached hydrogen (secondary N) is 1. The van der Waals surface area contributed by atoms with Gasteiger partial charge in [0.05, 0.1) is 11.8 Å². The molecular formula is C27H39FN2O7. The molecule has 0 spiro atoms. The summed E-state index contributed by atoms with van der Waals surface area (Å²) >= 11 is 0. The number of rotatable bonds is 4. The molecule has 1 saturated heterocycles. The molecule has 0 bridgehead atoms. The van der Waals surface area contributed by atoms with Gasteiger partial charge in [-0.1, -0.05) is 19.0 Å². The molecule has 5 rings (SSSR count). The lowest BCUT2D eigenvalue weighted by Crippen LogP contribution is -2.58. The van der Waals surface area contributed by atoms with Crippen LogP contribution in [0.3, 0.4) is 0 Å². The summed E-state index contributed by atoms with van der Waals surface area (Å²) in [7, 11) is 0. The van der Waals surface area contributed by atoms with Gasteiger partial charge in [0.15, 0.2) is 0 Å². The number of aliphatic hydroxyl groups excluding tert-OH is 1.